The molecule has 0 aromatic carbocycles. The van der Waals surface area contributed by atoms with Crippen LogP contribution in [0, 0.1) is 19.8 Å². The number of anilines is 1. The van der Waals surface area contributed by atoms with Crippen LogP contribution in [0.3, 0.4) is 0 Å². The maximum absolute atomic E-state index is 10.6. The molecule has 0 spiro atoms. The molecular weight excluding hydrogens is 288 g/mol. The van der Waals surface area contributed by atoms with E-state index in [1.165, 1.54) is 19.3 Å². The summed E-state index contributed by atoms with van der Waals surface area (Å²) in [6, 6.07) is 0. The molecule has 0 radical (unpaired) electrons. The van der Waals surface area contributed by atoms with Crippen molar-refractivity contribution in [2.75, 3.05) is 37.6 Å². The van der Waals surface area contributed by atoms with Gasteiger partial charge in [0.1, 0.15) is 5.82 Å². The van der Waals surface area contributed by atoms with Crippen LogP contribution in [0.15, 0.2) is 6.20 Å². The summed E-state index contributed by atoms with van der Waals surface area (Å²) >= 11 is 0. The van der Waals surface area contributed by atoms with Gasteiger partial charge in [0.05, 0.1) is 17.5 Å². The second-order valence-electron chi connectivity index (χ2n) is 7.17. The SMILES string of the molecule is Cc1cnc(C)c(N2CCC(C(O)CN3CCCCC3)CC2)n1. The van der Waals surface area contributed by atoms with Crippen LogP contribution in [0.4, 0.5) is 5.82 Å². The second kappa shape index (κ2) is 7.58. The predicted molar refractivity (Wildman–Crippen MR) is 92.7 cm³/mol. The number of piperidine rings is 2. The summed E-state index contributed by atoms with van der Waals surface area (Å²) in [7, 11) is 0. The van der Waals surface area contributed by atoms with Crippen molar-refractivity contribution < 1.29 is 5.11 Å². The Hall–Kier alpha value is -1.20. The minimum Gasteiger partial charge on any atom is -0.392 e. The van der Waals surface area contributed by atoms with E-state index in [4.69, 9.17) is 0 Å². The fourth-order valence-electron chi connectivity index (χ4n) is 3.88. The monoisotopic (exact) mass is 318 g/mol. The first-order valence-corrected chi connectivity index (χ1v) is 9.09. The summed E-state index contributed by atoms with van der Waals surface area (Å²) in [5, 5.41) is 10.6. The second-order valence-corrected chi connectivity index (χ2v) is 7.17. The van der Waals surface area contributed by atoms with Gasteiger partial charge in [0.15, 0.2) is 0 Å². The number of rotatable bonds is 4. The Morgan fingerprint density at radius 2 is 1.83 bits per heavy atom. The molecular formula is C18H30N4O. The van der Waals surface area contributed by atoms with Crippen molar-refractivity contribution in [2.24, 2.45) is 5.92 Å². The summed E-state index contributed by atoms with van der Waals surface area (Å²) in [6.07, 6.45) is 7.66. The van der Waals surface area contributed by atoms with E-state index < -0.39 is 0 Å². The number of likely N-dealkylation sites (tertiary alicyclic amines) is 1. The minimum atomic E-state index is -0.181. The number of aryl methyl sites for hydroxylation is 2. The Kier molecular flexibility index (Phi) is 5.49. The third-order valence-corrected chi connectivity index (χ3v) is 5.33. The van der Waals surface area contributed by atoms with Crippen LogP contribution < -0.4 is 4.90 Å². The quantitative estimate of drug-likeness (QED) is 0.922. The van der Waals surface area contributed by atoms with Crippen LogP contribution in [0.25, 0.3) is 0 Å². The van der Waals surface area contributed by atoms with Crippen molar-refractivity contribution in [1.29, 1.82) is 0 Å². The van der Waals surface area contributed by atoms with Crippen molar-refractivity contribution >= 4 is 5.82 Å². The van der Waals surface area contributed by atoms with Gasteiger partial charge >= 0.3 is 0 Å². The summed E-state index contributed by atoms with van der Waals surface area (Å²) < 4.78 is 0. The lowest BCUT2D eigenvalue weighted by atomic mass is 9.90. The van der Waals surface area contributed by atoms with Crippen molar-refractivity contribution in [3.8, 4) is 0 Å². The largest absolute Gasteiger partial charge is 0.392 e. The molecule has 2 fully saturated rings. The summed E-state index contributed by atoms with van der Waals surface area (Å²) in [5.41, 5.74) is 1.97. The molecule has 3 rings (SSSR count). The standard InChI is InChI=1S/C18H30N4O/c1-14-12-19-15(2)18(20-14)22-10-6-16(7-11-22)17(23)13-21-8-4-3-5-9-21/h12,16-17,23H,3-11,13H2,1-2H3. The van der Waals surface area contributed by atoms with Gasteiger partial charge < -0.3 is 14.9 Å². The molecule has 2 saturated heterocycles. The molecule has 5 nitrogen and oxygen atoms in total. The zero-order valence-corrected chi connectivity index (χ0v) is 14.5. The predicted octanol–water partition coefficient (Wildman–Crippen LogP) is 2.16. The molecule has 23 heavy (non-hydrogen) atoms. The van der Waals surface area contributed by atoms with Crippen molar-refractivity contribution in [3.05, 3.63) is 17.6 Å². The highest BCUT2D eigenvalue weighted by Gasteiger charge is 2.28. The van der Waals surface area contributed by atoms with Gasteiger partial charge in [-0.3, -0.25) is 4.98 Å². The van der Waals surface area contributed by atoms with Gasteiger partial charge in [-0.1, -0.05) is 6.42 Å². The maximum atomic E-state index is 10.6. The van der Waals surface area contributed by atoms with E-state index >= 15 is 0 Å². The zero-order valence-electron chi connectivity index (χ0n) is 14.5. The first-order valence-electron chi connectivity index (χ1n) is 9.09. The van der Waals surface area contributed by atoms with Gasteiger partial charge in [-0.2, -0.15) is 0 Å². The van der Waals surface area contributed by atoms with Gasteiger partial charge in [0, 0.05) is 25.8 Å². The smallest absolute Gasteiger partial charge is 0.150 e. The first-order chi connectivity index (χ1) is 11.1. The Balaban J connectivity index is 1.52. The number of aliphatic hydroxyl groups is 1. The van der Waals surface area contributed by atoms with E-state index in [9.17, 15) is 5.11 Å². The Morgan fingerprint density at radius 1 is 1.13 bits per heavy atom. The van der Waals surface area contributed by atoms with Gasteiger partial charge in [-0.15, -0.1) is 0 Å². The van der Waals surface area contributed by atoms with Crippen LogP contribution in [0.1, 0.15) is 43.5 Å². The van der Waals surface area contributed by atoms with E-state index in [1.54, 1.807) is 0 Å². The number of β-amino-alcohol motifs (C(OH)–C–C–N with tert-alkyl or cyclic N) is 1. The molecule has 0 saturated carbocycles. The number of aromatic nitrogens is 2. The third kappa shape index (κ3) is 4.21. The molecule has 2 aliphatic rings. The molecule has 1 atom stereocenters. The van der Waals surface area contributed by atoms with E-state index in [0.29, 0.717) is 5.92 Å². The van der Waals surface area contributed by atoms with E-state index in [0.717, 1.165) is 62.8 Å². The van der Waals surface area contributed by atoms with E-state index in [1.807, 2.05) is 20.0 Å². The van der Waals surface area contributed by atoms with Gasteiger partial charge in [0.2, 0.25) is 0 Å². The van der Waals surface area contributed by atoms with Gasteiger partial charge in [-0.25, -0.2) is 4.98 Å². The minimum absolute atomic E-state index is 0.181. The van der Waals surface area contributed by atoms with Crippen molar-refractivity contribution in [2.45, 2.75) is 52.1 Å². The maximum Gasteiger partial charge on any atom is 0.150 e. The van der Waals surface area contributed by atoms with Crippen LogP contribution in [0.2, 0.25) is 0 Å². The van der Waals surface area contributed by atoms with E-state index in [-0.39, 0.29) is 6.10 Å². The lowest BCUT2D eigenvalue weighted by Gasteiger charge is -2.37. The van der Waals surface area contributed by atoms with Crippen molar-refractivity contribution in [1.82, 2.24) is 14.9 Å². The molecule has 2 aliphatic heterocycles. The molecule has 5 heteroatoms. The van der Waals surface area contributed by atoms with Crippen molar-refractivity contribution in [3.63, 3.8) is 0 Å². The van der Waals surface area contributed by atoms with Crippen LogP contribution >= 0.6 is 0 Å². The molecule has 1 N–H and O–H groups in total. The molecule has 0 aliphatic carbocycles. The topological polar surface area (TPSA) is 52.5 Å². The molecule has 1 unspecified atom stereocenters. The Morgan fingerprint density at radius 3 is 2.52 bits per heavy atom. The molecule has 1 aromatic heterocycles. The summed E-state index contributed by atoms with van der Waals surface area (Å²) in [5.74, 6) is 1.44. The number of nitrogens with zero attached hydrogens (tertiary/aromatic N) is 4. The Labute approximate surface area is 139 Å². The fraction of sp³-hybridized carbons (Fsp3) is 0.778. The summed E-state index contributed by atoms with van der Waals surface area (Å²) in [6.45, 7) is 9.14. The van der Waals surface area contributed by atoms with Crippen LogP contribution in [0.5, 0.6) is 0 Å². The Bertz CT molecular complexity index is 508. The molecule has 0 amide bonds. The average molecular weight is 318 g/mol. The first kappa shape index (κ1) is 16.7. The molecule has 128 valence electrons. The average Bonchev–Trinajstić information content (AvgIpc) is 2.58. The zero-order chi connectivity index (χ0) is 16.2. The number of hydrogen-bond acceptors (Lipinski definition) is 5. The van der Waals surface area contributed by atoms with Gasteiger partial charge in [-0.05, 0) is 58.5 Å². The molecule has 1 aromatic rings. The molecule has 3 heterocycles. The van der Waals surface area contributed by atoms with Gasteiger partial charge in [0.25, 0.3) is 0 Å². The third-order valence-electron chi connectivity index (χ3n) is 5.33. The highest BCUT2D eigenvalue weighted by molar-refractivity contribution is 5.43. The molecule has 0 bridgehead atoms. The number of hydrogen-bond donors (Lipinski definition) is 1. The highest BCUT2D eigenvalue weighted by Crippen LogP contribution is 2.26. The van der Waals surface area contributed by atoms with Crippen LogP contribution in [-0.2, 0) is 0 Å². The summed E-state index contributed by atoms with van der Waals surface area (Å²) in [4.78, 5) is 13.9. The van der Waals surface area contributed by atoms with Crippen LogP contribution in [-0.4, -0.2) is 58.8 Å². The highest BCUT2D eigenvalue weighted by atomic mass is 16.3. The lowest BCUT2D eigenvalue weighted by molar-refractivity contribution is 0.0470. The normalized spacial score (nSPS) is 22.3. The fourth-order valence-corrected chi connectivity index (χ4v) is 3.88. The number of aliphatic hydroxyl groups excluding tert-OH is 1. The van der Waals surface area contributed by atoms with E-state index in [2.05, 4.69) is 19.8 Å². The lowest BCUT2D eigenvalue weighted by Crippen LogP contribution is -2.44.